The quantitative estimate of drug-likeness (QED) is 0.728. The average molecular weight is 276 g/mol. The smallest absolute Gasteiger partial charge is 0.335 e. The van der Waals surface area contributed by atoms with Crippen LogP contribution in [0.4, 0.5) is 0 Å². The first-order valence-corrected chi connectivity index (χ1v) is 6.90. The Morgan fingerprint density at radius 1 is 0.905 bits per heavy atom. The number of carboxylic acid groups (broad SMARTS) is 1. The van der Waals surface area contributed by atoms with E-state index in [1.807, 2.05) is 25.1 Å². The number of aromatic carboxylic acids is 1. The predicted octanol–water partition coefficient (Wildman–Crippen LogP) is 4.82. The number of hydrogen-bond acceptors (Lipinski definition) is 1. The molecule has 0 heterocycles. The maximum Gasteiger partial charge on any atom is 0.335 e. The van der Waals surface area contributed by atoms with E-state index in [1.165, 1.54) is 21.9 Å². The van der Waals surface area contributed by atoms with Crippen LogP contribution >= 0.6 is 0 Å². The van der Waals surface area contributed by atoms with Crippen LogP contribution in [0.15, 0.2) is 54.6 Å². The first kappa shape index (κ1) is 13.4. The maximum atomic E-state index is 11.1. The molecule has 0 spiro atoms. The van der Waals surface area contributed by atoms with Crippen LogP contribution in [0.25, 0.3) is 21.9 Å². The zero-order valence-electron chi connectivity index (χ0n) is 12.1. The Balaban J connectivity index is 2.30. The van der Waals surface area contributed by atoms with E-state index in [2.05, 4.69) is 31.2 Å². The fourth-order valence-electron chi connectivity index (χ4n) is 2.82. The molecule has 0 unspecified atom stereocenters. The highest BCUT2D eigenvalue weighted by atomic mass is 16.4. The molecule has 0 bridgehead atoms. The molecule has 1 N–H and O–H groups in total. The van der Waals surface area contributed by atoms with Crippen LogP contribution in [0, 0.1) is 13.8 Å². The maximum absolute atomic E-state index is 11.1. The molecule has 0 aliphatic heterocycles. The largest absolute Gasteiger partial charge is 0.478 e. The van der Waals surface area contributed by atoms with Crippen LogP contribution in [-0.2, 0) is 0 Å². The number of hydrogen-bond donors (Lipinski definition) is 1. The van der Waals surface area contributed by atoms with Crippen LogP contribution < -0.4 is 0 Å². The van der Waals surface area contributed by atoms with Crippen LogP contribution in [0.1, 0.15) is 21.5 Å². The molecule has 0 aliphatic rings. The number of fused-ring (bicyclic) bond motifs is 1. The lowest BCUT2D eigenvalue weighted by Gasteiger charge is -2.13. The van der Waals surface area contributed by atoms with Crippen molar-refractivity contribution >= 4 is 16.7 Å². The predicted molar refractivity (Wildman–Crippen MR) is 85.8 cm³/mol. The Morgan fingerprint density at radius 2 is 1.67 bits per heavy atom. The first-order valence-electron chi connectivity index (χ1n) is 6.90. The second-order valence-electron chi connectivity index (χ2n) is 5.31. The highest BCUT2D eigenvalue weighted by molar-refractivity contribution is 5.99. The summed E-state index contributed by atoms with van der Waals surface area (Å²) in [5.41, 5.74) is 4.78. The zero-order valence-corrected chi connectivity index (χ0v) is 12.1. The number of aryl methyl sites for hydroxylation is 2. The molecule has 104 valence electrons. The summed E-state index contributed by atoms with van der Waals surface area (Å²) in [5, 5.41) is 11.5. The number of rotatable bonds is 2. The Hall–Kier alpha value is -2.61. The van der Waals surface area contributed by atoms with Gasteiger partial charge in [-0.05, 0) is 59.0 Å². The standard InChI is InChI=1S/C19H16O2/c1-12-7-8-14-5-3-4-6-17(14)18(12)16-10-9-15(19(20)21)11-13(16)2/h3-11H,1-2H3,(H,20,21). The Bertz CT molecular complexity index is 847. The third kappa shape index (κ3) is 2.29. The van der Waals surface area contributed by atoms with E-state index in [4.69, 9.17) is 5.11 Å². The van der Waals surface area contributed by atoms with Crippen LogP contribution in [-0.4, -0.2) is 11.1 Å². The lowest BCUT2D eigenvalue weighted by atomic mass is 9.91. The van der Waals surface area contributed by atoms with E-state index < -0.39 is 5.97 Å². The van der Waals surface area contributed by atoms with Crippen molar-refractivity contribution in [3.8, 4) is 11.1 Å². The first-order chi connectivity index (χ1) is 10.1. The molecular formula is C19H16O2. The zero-order chi connectivity index (χ0) is 15.0. The molecule has 3 aromatic carbocycles. The van der Waals surface area contributed by atoms with Gasteiger partial charge in [0.1, 0.15) is 0 Å². The summed E-state index contributed by atoms with van der Waals surface area (Å²) in [6, 6.07) is 17.8. The van der Waals surface area contributed by atoms with Crippen LogP contribution in [0.5, 0.6) is 0 Å². The summed E-state index contributed by atoms with van der Waals surface area (Å²) >= 11 is 0. The molecule has 3 aromatic rings. The van der Waals surface area contributed by atoms with Crippen molar-refractivity contribution in [2.75, 3.05) is 0 Å². The van der Waals surface area contributed by atoms with Gasteiger partial charge in [-0.25, -0.2) is 4.79 Å². The molecule has 21 heavy (non-hydrogen) atoms. The average Bonchev–Trinajstić information content (AvgIpc) is 2.48. The van der Waals surface area contributed by atoms with Crippen molar-refractivity contribution in [2.45, 2.75) is 13.8 Å². The van der Waals surface area contributed by atoms with Gasteiger partial charge in [0.25, 0.3) is 0 Å². The number of carboxylic acids is 1. The molecule has 2 nitrogen and oxygen atoms in total. The van der Waals surface area contributed by atoms with E-state index in [0.29, 0.717) is 5.56 Å². The number of benzene rings is 3. The van der Waals surface area contributed by atoms with Gasteiger partial charge < -0.3 is 5.11 Å². The van der Waals surface area contributed by atoms with Crippen molar-refractivity contribution in [2.24, 2.45) is 0 Å². The van der Waals surface area contributed by atoms with Gasteiger partial charge in [0.15, 0.2) is 0 Å². The van der Waals surface area contributed by atoms with E-state index >= 15 is 0 Å². The minimum Gasteiger partial charge on any atom is -0.478 e. The molecular weight excluding hydrogens is 260 g/mol. The van der Waals surface area contributed by atoms with Gasteiger partial charge >= 0.3 is 5.97 Å². The van der Waals surface area contributed by atoms with Crippen molar-refractivity contribution in [3.05, 3.63) is 71.3 Å². The second-order valence-corrected chi connectivity index (χ2v) is 5.31. The SMILES string of the molecule is Cc1cc(C(=O)O)ccc1-c1c(C)ccc2ccccc12. The molecule has 3 rings (SSSR count). The van der Waals surface area contributed by atoms with Crippen molar-refractivity contribution in [1.29, 1.82) is 0 Å². The molecule has 0 aliphatic carbocycles. The minimum absolute atomic E-state index is 0.328. The fourth-order valence-corrected chi connectivity index (χ4v) is 2.82. The third-order valence-corrected chi connectivity index (χ3v) is 3.88. The van der Waals surface area contributed by atoms with E-state index in [9.17, 15) is 4.79 Å². The lowest BCUT2D eigenvalue weighted by molar-refractivity contribution is 0.0697. The summed E-state index contributed by atoms with van der Waals surface area (Å²) in [5.74, 6) is -0.890. The molecule has 0 saturated heterocycles. The van der Waals surface area contributed by atoms with Gasteiger partial charge in [-0.15, -0.1) is 0 Å². The molecule has 0 fully saturated rings. The van der Waals surface area contributed by atoms with Crippen molar-refractivity contribution in [3.63, 3.8) is 0 Å². The molecule has 0 saturated carbocycles. The molecule has 2 heteroatoms. The molecule has 0 radical (unpaired) electrons. The third-order valence-electron chi connectivity index (χ3n) is 3.88. The number of carbonyl (C=O) groups is 1. The summed E-state index contributed by atoms with van der Waals surface area (Å²) in [6.45, 7) is 4.05. The summed E-state index contributed by atoms with van der Waals surface area (Å²) in [4.78, 5) is 11.1. The molecule has 0 atom stereocenters. The Labute approximate surface area is 123 Å². The van der Waals surface area contributed by atoms with Crippen molar-refractivity contribution < 1.29 is 9.90 Å². The van der Waals surface area contributed by atoms with E-state index in [-0.39, 0.29) is 0 Å². The lowest BCUT2D eigenvalue weighted by Crippen LogP contribution is -1.98. The second kappa shape index (κ2) is 5.06. The van der Waals surface area contributed by atoms with E-state index in [0.717, 1.165) is 11.1 Å². The minimum atomic E-state index is -0.890. The van der Waals surface area contributed by atoms with Gasteiger partial charge in [0.2, 0.25) is 0 Å². The van der Waals surface area contributed by atoms with Gasteiger partial charge in [0.05, 0.1) is 5.56 Å². The topological polar surface area (TPSA) is 37.3 Å². The Morgan fingerprint density at radius 3 is 2.38 bits per heavy atom. The monoisotopic (exact) mass is 276 g/mol. The van der Waals surface area contributed by atoms with Crippen molar-refractivity contribution in [1.82, 2.24) is 0 Å². The summed E-state index contributed by atoms with van der Waals surface area (Å²) < 4.78 is 0. The van der Waals surface area contributed by atoms with Gasteiger partial charge in [0, 0.05) is 0 Å². The normalized spacial score (nSPS) is 10.8. The summed E-state index contributed by atoms with van der Waals surface area (Å²) in [6.07, 6.45) is 0. The van der Waals surface area contributed by atoms with E-state index in [1.54, 1.807) is 12.1 Å². The van der Waals surface area contributed by atoms with Crippen LogP contribution in [0.2, 0.25) is 0 Å². The molecule has 0 amide bonds. The highest BCUT2D eigenvalue weighted by Crippen LogP contribution is 2.34. The van der Waals surface area contributed by atoms with Gasteiger partial charge in [-0.3, -0.25) is 0 Å². The van der Waals surface area contributed by atoms with Gasteiger partial charge in [-0.1, -0.05) is 42.5 Å². The van der Waals surface area contributed by atoms with Crippen LogP contribution in [0.3, 0.4) is 0 Å². The highest BCUT2D eigenvalue weighted by Gasteiger charge is 2.11. The fraction of sp³-hybridized carbons (Fsp3) is 0.105. The van der Waals surface area contributed by atoms with Gasteiger partial charge in [-0.2, -0.15) is 0 Å². The summed E-state index contributed by atoms with van der Waals surface area (Å²) in [7, 11) is 0. The Kier molecular flexibility index (Phi) is 3.22. The molecule has 0 aromatic heterocycles.